The third-order valence-corrected chi connectivity index (χ3v) is 2.72. The van der Waals surface area contributed by atoms with Crippen LogP contribution in [-0.4, -0.2) is 25.3 Å². The highest BCUT2D eigenvalue weighted by molar-refractivity contribution is 5.51. The molecule has 1 fully saturated rings. The van der Waals surface area contributed by atoms with Crippen LogP contribution in [0.3, 0.4) is 0 Å². The molecule has 2 heterocycles. The van der Waals surface area contributed by atoms with Crippen molar-refractivity contribution in [3.8, 4) is 0 Å². The van der Waals surface area contributed by atoms with E-state index < -0.39 is 0 Å². The molecular formula is C11H13N5O. The summed E-state index contributed by atoms with van der Waals surface area (Å²) in [5.74, 6) is 2.43. The van der Waals surface area contributed by atoms with Gasteiger partial charge < -0.3 is 10.4 Å². The second-order valence-electron chi connectivity index (χ2n) is 4.12. The van der Waals surface area contributed by atoms with Crippen LogP contribution in [-0.2, 0) is 6.61 Å². The average Bonchev–Trinajstić information content (AvgIpc) is 3.11. The largest absolute Gasteiger partial charge is 0.388 e. The zero-order valence-corrected chi connectivity index (χ0v) is 9.22. The van der Waals surface area contributed by atoms with E-state index >= 15 is 0 Å². The predicted molar refractivity (Wildman–Crippen MR) is 61.8 cm³/mol. The Bertz CT molecular complexity index is 520. The molecule has 0 amide bonds. The Labute approximate surface area is 98.1 Å². The maximum Gasteiger partial charge on any atom is 0.156 e. The van der Waals surface area contributed by atoms with Crippen LogP contribution in [0.1, 0.15) is 30.3 Å². The van der Waals surface area contributed by atoms with Crippen LogP contribution in [0, 0.1) is 0 Å². The van der Waals surface area contributed by atoms with E-state index in [-0.39, 0.29) is 6.61 Å². The van der Waals surface area contributed by atoms with Gasteiger partial charge in [-0.15, -0.1) is 0 Å². The Morgan fingerprint density at radius 2 is 2.29 bits per heavy atom. The number of hydrogen-bond acceptors (Lipinski definition) is 5. The summed E-state index contributed by atoms with van der Waals surface area (Å²) in [5, 5.41) is 19.2. The summed E-state index contributed by atoms with van der Waals surface area (Å²) in [4.78, 5) is 8.04. The molecule has 0 aliphatic heterocycles. The van der Waals surface area contributed by atoms with Crippen LogP contribution >= 0.6 is 0 Å². The number of aliphatic hydroxyl groups excluding tert-OH is 1. The number of aliphatic hydroxyl groups is 1. The van der Waals surface area contributed by atoms with Crippen molar-refractivity contribution in [2.75, 3.05) is 5.32 Å². The fraction of sp³-hybridized carbons (Fsp3) is 0.364. The molecule has 0 unspecified atom stereocenters. The Kier molecular flexibility index (Phi) is 2.49. The Morgan fingerprint density at radius 3 is 3.06 bits per heavy atom. The van der Waals surface area contributed by atoms with E-state index in [1.165, 1.54) is 18.5 Å². The van der Waals surface area contributed by atoms with E-state index in [1.54, 1.807) is 12.3 Å². The minimum absolute atomic E-state index is 0.163. The van der Waals surface area contributed by atoms with Gasteiger partial charge >= 0.3 is 0 Å². The summed E-state index contributed by atoms with van der Waals surface area (Å²) < 4.78 is 0. The molecule has 0 aromatic carbocycles. The number of H-pyrrole nitrogens is 1. The molecule has 6 heteroatoms. The van der Waals surface area contributed by atoms with Crippen molar-refractivity contribution in [1.82, 2.24) is 20.2 Å². The van der Waals surface area contributed by atoms with E-state index in [0.717, 1.165) is 5.82 Å². The molecule has 17 heavy (non-hydrogen) atoms. The van der Waals surface area contributed by atoms with Crippen LogP contribution in [0.25, 0.3) is 0 Å². The zero-order chi connectivity index (χ0) is 11.7. The minimum atomic E-state index is -0.163. The molecule has 3 rings (SSSR count). The van der Waals surface area contributed by atoms with Crippen molar-refractivity contribution in [1.29, 1.82) is 0 Å². The maximum atomic E-state index is 8.94. The normalized spacial score (nSPS) is 14.9. The summed E-state index contributed by atoms with van der Waals surface area (Å²) in [7, 11) is 0. The van der Waals surface area contributed by atoms with Crippen LogP contribution in [0.15, 0.2) is 18.3 Å². The Balaban J connectivity index is 1.75. The standard InChI is InChI=1S/C11H13N5O/c17-6-11-12-4-3-9(14-11)13-10-5-8(15-16-10)7-1-2-7/h3-5,7,17H,1-2,6H2,(H2,12,13,14,15,16). The van der Waals surface area contributed by atoms with Gasteiger partial charge in [0.05, 0.1) is 0 Å². The fourth-order valence-corrected chi connectivity index (χ4v) is 1.68. The van der Waals surface area contributed by atoms with Crippen LogP contribution in [0.5, 0.6) is 0 Å². The lowest BCUT2D eigenvalue weighted by Gasteiger charge is -2.01. The van der Waals surface area contributed by atoms with E-state index in [0.29, 0.717) is 17.6 Å². The van der Waals surface area contributed by atoms with Crippen molar-refractivity contribution in [3.63, 3.8) is 0 Å². The fourth-order valence-electron chi connectivity index (χ4n) is 1.68. The second-order valence-corrected chi connectivity index (χ2v) is 4.12. The first-order valence-electron chi connectivity index (χ1n) is 5.60. The van der Waals surface area contributed by atoms with Gasteiger partial charge in [-0.1, -0.05) is 0 Å². The summed E-state index contributed by atoms with van der Waals surface area (Å²) in [6.45, 7) is -0.163. The third kappa shape index (κ3) is 2.26. The first-order chi connectivity index (χ1) is 8.35. The topological polar surface area (TPSA) is 86.7 Å². The van der Waals surface area contributed by atoms with Crippen LogP contribution in [0.2, 0.25) is 0 Å². The van der Waals surface area contributed by atoms with Crippen molar-refractivity contribution < 1.29 is 5.11 Å². The van der Waals surface area contributed by atoms with Gasteiger partial charge in [0.2, 0.25) is 0 Å². The molecule has 3 N–H and O–H groups in total. The van der Waals surface area contributed by atoms with Gasteiger partial charge in [-0.2, -0.15) is 5.10 Å². The molecule has 2 aromatic rings. The van der Waals surface area contributed by atoms with Crippen molar-refractivity contribution in [3.05, 3.63) is 29.8 Å². The predicted octanol–water partition coefficient (Wildman–Crippen LogP) is 1.31. The number of nitrogens with one attached hydrogen (secondary N) is 2. The smallest absolute Gasteiger partial charge is 0.156 e. The van der Waals surface area contributed by atoms with Crippen molar-refractivity contribution in [2.45, 2.75) is 25.4 Å². The third-order valence-electron chi connectivity index (χ3n) is 2.72. The van der Waals surface area contributed by atoms with Crippen molar-refractivity contribution in [2.24, 2.45) is 0 Å². The molecule has 1 aliphatic carbocycles. The molecule has 0 radical (unpaired) electrons. The van der Waals surface area contributed by atoms with E-state index in [1.807, 2.05) is 6.07 Å². The Morgan fingerprint density at radius 1 is 1.41 bits per heavy atom. The number of hydrogen-bond donors (Lipinski definition) is 3. The lowest BCUT2D eigenvalue weighted by molar-refractivity contribution is 0.271. The number of nitrogens with zero attached hydrogens (tertiary/aromatic N) is 3. The van der Waals surface area contributed by atoms with Crippen molar-refractivity contribution >= 4 is 11.6 Å². The minimum Gasteiger partial charge on any atom is -0.388 e. The highest BCUT2D eigenvalue weighted by Gasteiger charge is 2.25. The summed E-state index contributed by atoms with van der Waals surface area (Å²) >= 11 is 0. The number of aromatic nitrogens is 4. The number of anilines is 2. The number of rotatable bonds is 4. The number of aromatic amines is 1. The van der Waals surface area contributed by atoms with Gasteiger partial charge in [-0.3, -0.25) is 5.10 Å². The average molecular weight is 231 g/mol. The highest BCUT2D eigenvalue weighted by Crippen LogP contribution is 2.39. The molecule has 2 aromatic heterocycles. The molecule has 0 atom stereocenters. The molecule has 0 bridgehead atoms. The maximum absolute atomic E-state index is 8.94. The second kappa shape index (κ2) is 4.14. The highest BCUT2D eigenvalue weighted by atomic mass is 16.3. The van der Waals surface area contributed by atoms with Gasteiger partial charge in [0.15, 0.2) is 11.6 Å². The van der Waals surface area contributed by atoms with Gasteiger partial charge in [0, 0.05) is 23.9 Å². The summed E-state index contributed by atoms with van der Waals surface area (Å²) in [6, 6.07) is 3.74. The lowest BCUT2D eigenvalue weighted by atomic mass is 10.3. The molecule has 88 valence electrons. The first kappa shape index (κ1) is 10.2. The van der Waals surface area contributed by atoms with Gasteiger partial charge in [0.1, 0.15) is 12.4 Å². The molecule has 6 nitrogen and oxygen atoms in total. The van der Waals surface area contributed by atoms with E-state index in [4.69, 9.17) is 5.11 Å². The van der Waals surface area contributed by atoms with Crippen LogP contribution in [0.4, 0.5) is 11.6 Å². The Hall–Kier alpha value is -1.95. The molecule has 0 spiro atoms. The summed E-state index contributed by atoms with van der Waals surface area (Å²) in [5.41, 5.74) is 1.17. The molecular weight excluding hydrogens is 218 g/mol. The van der Waals surface area contributed by atoms with Gasteiger partial charge in [0.25, 0.3) is 0 Å². The lowest BCUT2D eigenvalue weighted by Crippen LogP contribution is -1.99. The molecule has 1 saturated carbocycles. The quantitative estimate of drug-likeness (QED) is 0.738. The zero-order valence-electron chi connectivity index (χ0n) is 9.22. The monoisotopic (exact) mass is 231 g/mol. The van der Waals surface area contributed by atoms with E-state index in [2.05, 4.69) is 25.5 Å². The summed E-state index contributed by atoms with van der Waals surface area (Å²) in [6.07, 6.45) is 4.09. The van der Waals surface area contributed by atoms with Gasteiger partial charge in [-0.25, -0.2) is 9.97 Å². The first-order valence-corrected chi connectivity index (χ1v) is 5.60. The van der Waals surface area contributed by atoms with E-state index in [9.17, 15) is 0 Å². The van der Waals surface area contributed by atoms with Gasteiger partial charge in [-0.05, 0) is 18.9 Å². The molecule has 1 aliphatic rings. The van der Waals surface area contributed by atoms with Crippen LogP contribution < -0.4 is 5.32 Å². The SMILES string of the molecule is OCc1nccc(Nc2cc(C3CC3)[nH]n2)n1. The molecule has 0 saturated heterocycles.